The van der Waals surface area contributed by atoms with Gasteiger partial charge in [0.1, 0.15) is 11.5 Å². The number of aryl methyl sites for hydroxylation is 2. The third-order valence-electron chi connectivity index (χ3n) is 3.45. The Labute approximate surface area is 137 Å². The Balaban J connectivity index is 2.46. The van der Waals surface area contributed by atoms with Gasteiger partial charge in [0, 0.05) is 10.4 Å². The van der Waals surface area contributed by atoms with E-state index in [0.29, 0.717) is 0 Å². The highest BCUT2D eigenvalue weighted by Crippen LogP contribution is 2.40. The van der Waals surface area contributed by atoms with Crippen molar-refractivity contribution in [2.45, 2.75) is 40.2 Å². The van der Waals surface area contributed by atoms with Crippen molar-refractivity contribution < 1.29 is 4.42 Å². The lowest BCUT2D eigenvalue weighted by molar-refractivity contribution is 0.493. The summed E-state index contributed by atoms with van der Waals surface area (Å²) < 4.78 is 6.76. The first-order chi connectivity index (χ1) is 9.45. The SMILES string of the molecule is CCCNC(c1cc(Cl)c(Br)s1)c1c(C)oc(C)c1C. The number of thiophene rings is 1. The molecule has 2 nitrogen and oxygen atoms in total. The predicted octanol–water partition coefficient (Wildman–Crippen LogP) is 5.77. The molecule has 1 N–H and O–H groups in total. The minimum atomic E-state index is 0.140. The molecule has 0 radical (unpaired) electrons. The van der Waals surface area contributed by atoms with Gasteiger partial charge in [-0.2, -0.15) is 0 Å². The summed E-state index contributed by atoms with van der Waals surface area (Å²) in [4.78, 5) is 1.21. The highest BCUT2D eigenvalue weighted by molar-refractivity contribution is 9.11. The quantitative estimate of drug-likeness (QED) is 0.716. The van der Waals surface area contributed by atoms with Crippen molar-refractivity contribution in [3.8, 4) is 0 Å². The summed E-state index contributed by atoms with van der Waals surface area (Å²) in [6, 6.07) is 2.17. The molecule has 2 heterocycles. The Bertz CT molecular complexity index is 586. The standard InChI is InChI=1S/C15H19BrClNOS/c1-5-6-18-14(12-7-11(17)15(16)20-12)13-8(2)9(3)19-10(13)4/h7,14,18H,5-6H2,1-4H3. The first-order valence-electron chi connectivity index (χ1n) is 6.70. The van der Waals surface area contributed by atoms with E-state index in [4.69, 9.17) is 16.0 Å². The molecule has 0 aliphatic rings. The second-order valence-corrected chi connectivity index (χ2v) is 7.72. The molecule has 2 aromatic heterocycles. The third-order valence-corrected chi connectivity index (χ3v) is 5.99. The monoisotopic (exact) mass is 375 g/mol. The molecule has 110 valence electrons. The maximum absolute atomic E-state index is 6.19. The zero-order chi connectivity index (χ0) is 14.9. The lowest BCUT2D eigenvalue weighted by Crippen LogP contribution is -2.23. The molecule has 0 saturated heterocycles. The smallest absolute Gasteiger partial charge is 0.106 e. The number of hydrogen-bond acceptors (Lipinski definition) is 3. The molecule has 2 rings (SSSR count). The summed E-state index contributed by atoms with van der Waals surface area (Å²) in [7, 11) is 0. The summed E-state index contributed by atoms with van der Waals surface area (Å²) >= 11 is 11.4. The van der Waals surface area contributed by atoms with Gasteiger partial charge in [0.2, 0.25) is 0 Å². The van der Waals surface area contributed by atoms with E-state index in [1.807, 2.05) is 19.9 Å². The fourth-order valence-electron chi connectivity index (χ4n) is 2.37. The van der Waals surface area contributed by atoms with Crippen LogP contribution in [0.1, 0.15) is 46.9 Å². The molecule has 20 heavy (non-hydrogen) atoms. The van der Waals surface area contributed by atoms with Crippen molar-refractivity contribution in [3.63, 3.8) is 0 Å². The molecule has 0 amide bonds. The van der Waals surface area contributed by atoms with Crippen LogP contribution >= 0.6 is 38.9 Å². The summed E-state index contributed by atoms with van der Waals surface area (Å²) in [5, 5.41) is 4.38. The summed E-state index contributed by atoms with van der Waals surface area (Å²) in [6.07, 6.45) is 1.09. The fraction of sp³-hybridized carbons (Fsp3) is 0.467. The fourth-order valence-corrected chi connectivity index (χ4v) is 4.21. The second-order valence-electron chi connectivity index (χ2n) is 4.91. The molecule has 0 aromatic carbocycles. The van der Waals surface area contributed by atoms with Crippen molar-refractivity contribution in [2.75, 3.05) is 6.54 Å². The van der Waals surface area contributed by atoms with E-state index in [0.717, 1.165) is 33.3 Å². The van der Waals surface area contributed by atoms with Crippen LogP contribution in [0.5, 0.6) is 0 Å². The van der Waals surface area contributed by atoms with Crippen molar-refractivity contribution in [2.24, 2.45) is 0 Å². The highest BCUT2D eigenvalue weighted by atomic mass is 79.9. The van der Waals surface area contributed by atoms with E-state index in [-0.39, 0.29) is 6.04 Å². The molecular formula is C15H19BrClNOS. The zero-order valence-electron chi connectivity index (χ0n) is 12.1. The number of nitrogens with one attached hydrogen (secondary N) is 1. The van der Waals surface area contributed by atoms with Crippen molar-refractivity contribution in [3.05, 3.63) is 42.4 Å². The first kappa shape index (κ1) is 16.1. The summed E-state index contributed by atoms with van der Waals surface area (Å²) in [5.41, 5.74) is 2.46. The van der Waals surface area contributed by atoms with Crippen LogP contribution < -0.4 is 5.32 Å². The van der Waals surface area contributed by atoms with Gasteiger partial charge in [-0.1, -0.05) is 18.5 Å². The van der Waals surface area contributed by atoms with Crippen LogP contribution in [0.2, 0.25) is 5.02 Å². The minimum absolute atomic E-state index is 0.140. The number of hydrogen-bond donors (Lipinski definition) is 1. The van der Waals surface area contributed by atoms with Crippen molar-refractivity contribution >= 4 is 38.9 Å². The second kappa shape index (κ2) is 6.65. The largest absolute Gasteiger partial charge is 0.466 e. The van der Waals surface area contributed by atoms with E-state index in [9.17, 15) is 0 Å². The predicted molar refractivity (Wildman–Crippen MR) is 90.1 cm³/mol. The Morgan fingerprint density at radius 1 is 1.35 bits per heavy atom. The molecule has 1 atom stereocenters. The Hall–Kier alpha value is -0.290. The van der Waals surface area contributed by atoms with Gasteiger partial charge in [-0.15, -0.1) is 11.3 Å². The molecule has 0 aliphatic carbocycles. The van der Waals surface area contributed by atoms with Gasteiger partial charge in [0.25, 0.3) is 0 Å². The molecule has 0 saturated carbocycles. The van der Waals surface area contributed by atoms with Crippen LogP contribution in [-0.4, -0.2) is 6.54 Å². The van der Waals surface area contributed by atoms with Gasteiger partial charge >= 0.3 is 0 Å². The molecule has 0 bridgehead atoms. The molecule has 2 aromatic rings. The number of halogens is 2. The normalized spacial score (nSPS) is 12.9. The minimum Gasteiger partial charge on any atom is -0.466 e. The zero-order valence-corrected chi connectivity index (χ0v) is 15.3. The van der Waals surface area contributed by atoms with Crippen molar-refractivity contribution in [1.29, 1.82) is 0 Å². The Morgan fingerprint density at radius 2 is 2.05 bits per heavy atom. The van der Waals surface area contributed by atoms with Crippen LogP contribution in [0.4, 0.5) is 0 Å². The lowest BCUT2D eigenvalue weighted by atomic mass is 10.0. The average Bonchev–Trinajstić information content (AvgIpc) is 2.84. The Morgan fingerprint density at radius 3 is 2.50 bits per heavy atom. The van der Waals surface area contributed by atoms with Crippen LogP contribution in [0, 0.1) is 20.8 Å². The van der Waals surface area contributed by atoms with E-state index in [1.54, 1.807) is 11.3 Å². The van der Waals surface area contributed by atoms with Gasteiger partial charge in [-0.3, -0.25) is 0 Å². The van der Waals surface area contributed by atoms with E-state index in [1.165, 1.54) is 16.0 Å². The van der Waals surface area contributed by atoms with Crippen LogP contribution in [-0.2, 0) is 0 Å². The molecule has 0 fully saturated rings. The van der Waals surface area contributed by atoms with E-state index in [2.05, 4.69) is 35.1 Å². The lowest BCUT2D eigenvalue weighted by Gasteiger charge is -2.18. The highest BCUT2D eigenvalue weighted by Gasteiger charge is 2.24. The molecular weight excluding hydrogens is 358 g/mol. The number of rotatable bonds is 5. The van der Waals surface area contributed by atoms with Crippen molar-refractivity contribution in [1.82, 2.24) is 5.32 Å². The molecule has 0 spiro atoms. The first-order valence-corrected chi connectivity index (χ1v) is 8.69. The Kier molecular flexibility index (Phi) is 5.35. The van der Waals surface area contributed by atoms with Crippen LogP contribution in [0.25, 0.3) is 0 Å². The van der Waals surface area contributed by atoms with Gasteiger partial charge in [-0.05, 0) is 61.3 Å². The van der Waals surface area contributed by atoms with Gasteiger partial charge in [0.15, 0.2) is 0 Å². The molecule has 5 heteroatoms. The van der Waals surface area contributed by atoms with E-state index >= 15 is 0 Å². The maximum Gasteiger partial charge on any atom is 0.106 e. The van der Waals surface area contributed by atoms with Crippen LogP contribution in [0.3, 0.4) is 0 Å². The van der Waals surface area contributed by atoms with Gasteiger partial charge in [0.05, 0.1) is 14.9 Å². The third kappa shape index (κ3) is 3.14. The molecule has 1 unspecified atom stereocenters. The molecule has 0 aliphatic heterocycles. The average molecular weight is 377 g/mol. The summed E-state index contributed by atoms with van der Waals surface area (Å²) in [6.45, 7) is 9.29. The van der Waals surface area contributed by atoms with Gasteiger partial charge < -0.3 is 9.73 Å². The topological polar surface area (TPSA) is 25.2 Å². The maximum atomic E-state index is 6.19. The number of furan rings is 1. The van der Waals surface area contributed by atoms with Crippen LogP contribution in [0.15, 0.2) is 14.3 Å². The van der Waals surface area contributed by atoms with E-state index < -0.39 is 0 Å². The summed E-state index contributed by atoms with van der Waals surface area (Å²) in [5.74, 6) is 1.97. The van der Waals surface area contributed by atoms with Gasteiger partial charge in [-0.25, -0.2) is 0 Å².